The predicted molar refractivity (Wildman–Crippen MR) is 223 cm³/mol. The van der Waals surface area contributed by atoms with Gasteiger partial charge in [0, 0.05) is 74.3 Å². The van der Waals surface area contributed by atoms with Crippen molar-refractivity contribution in [1.82, 2.24) is 19.7 Å². The first-order valence-corrected chi connectivity index (χ1v) is 21.3. The number of nitrogens with zero attached hydrogens (tertiary/aromatic N) is 7. The van der Waals surface area contributed by atoms with Gasteiger partial charge in [0.1, 0.15) is 35.6 Å². The Morgan fingerprint density at radius 1 is 0.934 bits per heavy atom. The molecule has 2 bridgehead atoms. The smallest absolute Gasteiger partial charge is 0.262 e. The van der Waals surface area contributed by atoms with E-state index in [0.717, 1.165) is 55.7 Å². The maximum Gasteiger partial charge on any atom is 0.262 e. The van der Waals surface area contributed by atoms with Crippen LogP contribution in [0.15, 0.2) is 48.7 Å². The number of fused-ring (bicyclic) bond motifs is 3. The molecule has 16 heteroatoms. The van der Waals surface area contributed by atoms with Crippen LogP contribution in [0, 0.1) is 33.9 Å². The minimum Gasteiger partial charge on any atom is -0.489 e. The second-order valence-corrected chi connectivity index (χ2v) is 19.0. The quantitative estimate of drug-likeness (QED) is 0.287. The number of hydrogen-bond acceptors (Lipinski definition) is 11. The lowest BCUT2D eigenvalue weighted by Crippen LogP contribution is -2.77. The number of benzene rings is 2. The molecule has 61 heavy (non-hydrogen) atoms. The van der Waals surface area contributed by atoms with Gasteiger partial charge in [0.15, 0.2) is 0 Å². The molecule has 14 nitrogen and oxygen atoms in total. The summed E-state index contributed by atoms with van der Waals surface area (Å²) in [5, 5.41) is 9.53. The fourth-order valence-electron chi connectivity index (χ4n) is 11.5. The van der Waals surface area contributed by atoms with Crippen LogP contribution >= 0.6 is 11.6 Å². The average molecular weight is 851 g/mol. The van der Waals surface area contributed by atoms with Gasteiger partial charge in [0.2, 0.25) is 11.8 Å². The molecule has 7 heterocycles. The zero-order valence-electron chi connectivity index (χ0n) is 34.6. The number of nitriles is 1. The number of anilines is 2. The van der Waals surface area contributed by atoms with Crippen LogP contribution in [0.25, 0.3) is 0 Å². The van der Waals surface area contributed by atoms with Gasteiger partial charge in [-0.25, -0.2) is 9.37 Å². The van der Waals surface area contributed by atoms with Gasteiger partial charge in [0.05, 0.1) is 39.0 Å². The number of rotatable bonds is 9. The van der Waals surface area contributed by atoms with Gasteiger partial charge in [-0.05, 0) is 68.0 Å². The molecular weight excluding hydrogens is 803 g/mol. The molecule has 0 unspecified atom stereocenters. The molecule has 7 aliphatic rings. The zero-order valence-corrected chi connectivity index (χ0v) is 35.3. The molecule has 6 fully saturated rings. The lowest BCUT2D eigenvalue weighted by atomic mass is 9.48. The molecule has 5 saturated heterocycles. The highest BCUT2D eigenvalue weighted by Crippen LogP contribution is 2.59. The molecule has 0 radical (unpaired) electrons. The van der Waals surface area contributed by atoms with Crippen molar-refractivity contribution in [2.75, 3.05) is 42.5 Å². The average Bonchev–Trinajstić information content (AvgIpc) is 3.47. The number of aromatic nitrogens is 1. The van der Waals surface area contributed by atoms with Crippen molar-refractivity contribution in [1.29, 1.82) is 5.26 Å². The van der Waals surface area contributed by atoms with E-state index in [9.17, 15) is 29.2 Å². The first-order chi connectivity index (χ1) is 29.0. The summed E-state index contributed by atoms with van der Waals surface area (Å²) in [5.74, 6) is -1.78. The number of imide groups is 2. The van der Waals surface area contributed by atoms with Gasteiger partial charge in [-0.15, -0.1) is 0 Å². The molecule has 2 N–H and O–H groups in total. The van der Waals surface area contributed by atoms with Crippen LogP contribution < -0.4 is 20.3 Å². The second-order valence-electron chi connectivity index (χ2n) is 18.6. The maximum atomic E-state index is 16.0. The van der Waals surface area contributed by atoms with Crippen LogP contribution in [-0.2, 0) is 9.59 Å². The van der Waals surface area contributed by atoms with Crippen LogP contribution in [-0.4, -0.2) is 112 Å². The maximum absolute atomic E-state index is 16.0. The van der Waals surface area contributed by atoms with E-state index in [1.54, 1.807) is 24.3 Å². The van der Waals surface area contributed by atoms with Gasteiger partial charge < -0.3 is 20.3 Å². The van der Waals surface area contributed by atoms with Crippen LogP contribution in [0.1, 0.15) is 96.4 Å². The molecule has 5 amide bonds. The lowest BCUT2D eigenvalue weighted by molar-refractivity contribution is -0.216. The standard InChI is InChI=1S/C45H48ClFN8O6/c1-44(2)42(45(3,4)43(44)61-29-7-5-25(19-48)32(46)16-29)55-37(56)10-8-34(41(55)60)54-39(58)30-17-33(47)35(18-31(30)40(54)59)52-22-27-15-28(23-52)53(27)21-24-11-13-51(14-12-24)36-9-6-26(20-50-36)38(49)57/h5-7,9,16-18,20,24,27-28,34,42-43H,8,10-15,21-23H2,1-4H3,(H2,49,57)/t27-,28-,34-,42?,43?/m1/s1. The van der Waals surface area contributed by atoms with E-state index in [4.69, 9.17) is 22.1 Å². The number of halogens is 2. The third-order valence-electron chi connectivity index (χ3n) is 14.2. The van der Waals surface area contributed by atoms with Crippen LogP contribution in [0.4, 0.5) is 15.9 Å². The largest absolute Gasteiger partial charge is 0.489 e. The van der Waals surface area contributed by atoms with E-state index in [1.165, 1.54) is 17.2 Å². The number of piperidine rings is 3. The summed E-state index contributed by atoms with van der Waals surface area (Å²) in [6.45, 7) is 11.4. The number of hydrogen-bond donors (Lipinski definition) is 1. The Kier molecular flexibility index (Phi) is 9.90. The number of primary amides is 1. The number of ether oxygens (including phenoxy) is 1. The lowest BCUT2D eigenvalue weighted by Gasteiger charge is -2.65. The molecule has 6 aliphatic heterocycles. The number of carbonyl (C=O) groups is 5. The van der Waals surface area contributed by atoms with Gasteiger partial charge >= 0.3 is 0 Å². The SMILES string of the molecule is CC1(C)C(Oc2ccc(C#N)c(Cl)c2)C(C)(C)C1N1C(=O)CC[C@@H](N2C(=O)c3cc(F)c(N4C[C@H]5C[C@H](C4)N5CC4CCN(c5ccc(C(N)=O)cn5)CC4)cc3C2=O)C1=O. The monoisotopic (exact) mass is 850 g/mol. The van der Waals surface area contributed by atoms with Crippen molar-refractivity contribution >= 4 is 52.6 Å². The Labute approximate surface area is 358 Å². The number of pyridine rings is 1. The molecule has 0 spiro atoms. The third kappa shape index (κ3) is 6.61. The first kappa shape index (κ1) is 40.8. The summed E-state index contributed by atoms with van der Waals surface area (Å²) in [7, 11) is 0. The molecule has 3 atom stereocenters. The van der Waals surface area contributed by atoms with Crippen molar-refractivity contribution < 1.29 is 33.1 Å². The molecule has 1 aromatic heterocycles. The van der Waals surface area contributed by atoms with Crippen molar-refractivity contribution in [3.63, 3.8) is 0 Å². The van der Waals surface area contributed by atoms with Gasteiger partial charge in [-0.3, -0.25) is 38.7 Å². The summed E-state index contributed by atoms with van der Waals surface area (Å²) in [5.41, 5.74) is 4.78. The zero-order chi connectivity index (χ0) is 43.3. The number of carbonyl (C=O) groups excluding carboxylic acids is 5. The summed E-state index contributed by atoms with van der Waals surface area (Å²) in [6, 6.07) is 11.5. The Morgan fingerprint density at radius 3 is 2.21 bits per heavy atom. The molecule has 318 valence electrons. The minimum atomic E-state index is -1.23. The Hall–Kier alpha value is -5.59. The third-order valence-corrected chi connectivity index (χ3v) is 14.5. The highest BCUT2D eigenvalue weighted by Gasteiger charge is 2.68. The molecule has 1 aliphatic carbocycles. The van der Waals surface area contributed by atoms with E-state index in [0.29, 0.717) is 35.9 Å². The molecule has 2 aromatic carbocycles. The van der Waals surface area contributed by atoms with Crippen molar-refractivity contribution in [2.45, 2.75) is 90.1 Å². The number of amides is 5. The molecular formula is C45H48ClFN8O6. The predicted octanol–water partition coefficient (Wildman–Crippen LogP) is 5.02. The second kappa shape index (κ2) is 14.8. The summed E-state index contributed by atoms with van der Waals surface area (Å²) >= 11 is 6.27. The van der Waals surface area contributed by atoms with Crippen molar-refractivity contribution in [3.8, 4) is 11.8 Å². The van der Waals surface area contributed by atoms with E-state index in [1.807, 2.05) is 44.7 Å². The van der Waals surface area contributed by atoms with Crippen molar-refractivity contribution in [3.05, 3.63) is 81.8 Å². The normalized spacial score (nSPS) is 27.1. The number of likely N-dealkylation sites (tertiary alicyclic amines) is 1. The van der Waals surface area contributed by atoms with E-state index >= 15 is 4.39 Å². The minimum absolute atomic E-state index is 0.0303. The number of nitrogens with two attached hydrogens (primary N) is 1. The topological polar surface area (TPSA) is 173 Å². The molecule has 3 aromatic rings. The van der Waals surface area contributed by atoms with Gasteiger partial charge in [0.25, 0.3) is 17.7 Å². The van der Waals surface area contributed by atoms with Crippen LogP contribution in [0.5, 0.6) is 5.75 Å². The first-order valence-electron chi connectivity index (χ1n) is 20.9. The van der Waals surface area contributed by atoms with Gasteiger partial charge in [-0.2, -0.15) is 5.26 Å². The van der Waals surface area contributed by atoms with Gasteiger partial charge in [-0.1, -0.05) is 39.3 Å². The van der Waals surface area contributed by atoms with Crippen molar-refractivity contribution in [2.24, 2.45) is 22.5 Å². The molecule has 10 rings (SSSR count). The summed E-state index contributed by atoms with van der Waals surface area (Å²) in [6.07, 6.45) is 3.97. The van der Waals surface area contributed by atoms with E-state index < -0.39 is 64.4 Å². The van der Waals surface area contributed by atoms with E-state index in [2.05, 4.69) is 14.8 Å². The fourth-order valence-corrected chi connectivity index (χ4v) is 11.7. The fraction of sp³-hybridized carbons (Fsp3) is 0.489. The highest BCUT2D eigenvalue weighted by molar-refractivity contribution is 6.31. The summed E-state index contributed by atoms with van der Waals surface area (Å²) < 4.78 is 22.4. The molecule has 1 saturated carbocycles. The van der Waals surface area contributed by atoms with Crippen LogP contribution in [0.3, 0.4) is 0 Å². The Bertz CT molecular complexity index is 2380. The van der Waals surface area contributed by atoms with Crippen LogP contribution in [0.2, 0.25) is 5.02 Å². The number of piperazine rings is 1. The van der Waals surface area contributed by atoms with E-state index in [-0.39, 0.29) is 46.8 Å². The Balaban J connectivity index is 0.851. The summed E-state index contributed by atoms with van der Waals surface area (Å²) in [4.78, 5) is 80.8. The Morgan fingerprint density at radius 2 is 1.61 bits per heavy atom. The highest BCUT2D eigenvalue weighted by atomic mass is 35.5.